The van der Waals surface area contributed by atoms with E-state index in [1.165, 1.54) is 29.7 Å². The van der Waals surface area contributed by atoms with E-state index in [4.69, 9.17) is 5.73 Å². The molecule has 3 N–H and O–H groups in total. The minimum Gasteiger partial charge on any atom is -0.320 e. The fourth-order valence-electron chi connectivity index (χ4n) is 1.34. The molecule has 5 nitrogen and oxygen atoms in total. The molecule has 1 aromatic heterocycles. The number of nitrogens with zero attached hydrogens (tertiary/aromatic N) is 1. The lowest BCUT2D eigenvalue weighted by Gasteiger charge is -2.05. The van der Waals surface area contributed by atoms with Crippen LogP contribution in [-0.2, 0) is 10.0 Å². The van der Waals surface area contributed by atoms with E-state index < -0.39 is 10.0 Å². The Balaban J connectivity index is 2.30. The second-order valence-corrected chi connectivity index (χ2v) is 6.05. The van der Waals surface area contributed by atoms with Crippen LogP contribution in [0.1, 0.15) is 5.56 Å². The number of nitrogens with two attached hydrogens (primary N) is 1. The van der Waals surface area contributed by atoms with Gasteiger partial charge >= 0.3 is 0 Å². The van der Waals surface area contributed by atoms with E-state index in [2.05, 4.69) is 21.5 Å². The highest BCUT2D eigenvalue weighted by atomic mass is 32.2. The fraction of sp³-hybridized carbons (Fsp3) is 0.0833. The Kier molecular flexibility index (Phi) is 4.16. The van der Waals surface area contributed by atoms with E-state index in [-0.39, 0.29) is 11.4 Å². The van der Waals surface area contributed by atoms with E-state index in [0.717, 1.165) is 0 Å². The molecule has 0 aliphatic heterocycles. The van der Waals surface area contributed by atoms with Gasteiger partial charge in [0.1, 0.15) is 0 Å². The molecule has 2 aromatic rings. The van der Waals surface area contributed by atoms with Crippen molar-refractivity contribution < 1.29 is 8.42 Å². The minimum absolute atomic E-state index is 0.145. The first kappa shape index (κ1) is 13.5. The van der Waals surface area contributed by atoms with Gasteiger partial charge in [-0.15, -0.1) is 11.3 Å². The quantitative estimate of drug-likeness (QED) is 0.834. The molecule has 19 heavy (non-hydrogen) atoms. The van der Waals surface area contributed by atoms with Crippen molar-refractivity contribution in [1.82, 2.24) is 4.98 Å². The van der Waals surface area contributed by atoms with Gasteiger partial charge in [0, 0.05) is 17.1 Å². The van der Waals surface area contributed by atoms with Gasteiger partial charge in [-0.3, -0.25) is 4.72 Å². The molecule has 0 aliphatic carbocycles. The summed E-state index contributed by atoms with van der Waals surface area (Å²) in [5.74, 6) is 5.48. The standard InChI is InChI=1S/C12H11N3O2S2/c13-6-2-4-10-3-1-5-11(9-10)19(16,17)15-12-14-7-8-18-12/h1,3,5,7-9H,6,13H2,(H,14,15). The van der Waals surface area contributed by atoms with Gasteiger partial charge < -0.3 is 5.73 Å². The van der Waals surface area contributed by atoms with Crippen molar-refractivity contribution in [3.8, 4) is 11.8 Å². The summed E-state index contributed by atoms with van der Waals surface area (Å²) in [4.78, 5) is 4.03. The van der Waals surface area contributed by atoms with E-state index in [1.54, 1.807) is 17.5 Å². The Hall–Kier alpha value is -1.88. The number of aromatic nitrogens is 1. The normalized spacial score (nSPS) is 10.6. The molecule has 0 aliphatic rings. The molecule has 7 heteroatoms. The first-order valence-electron chi connectivity index (χ1n) is 5.33. The third-order valence-corrected chi connectivity index (χ3v) is 4.29. The lowest BCUT2D eigenvalue weighted by Crippen LogP contribution is -2.12. The molecule has 0 saturated carbocycles. The van der Waals surface area contributed by atoms with Gasteiger partial charge in [-0.1, -0.05) is 17.9 Å². The molecule has 0 fully saturated rings. The zero-order chi connectivity index (χ0) is 13.7. The average Bonchev–Trinajstić information content (AvgIpc) is 2.89. The second-order valence-electron chi connectivity index (χ2n) is 3.48. The molecular formula is C12H11N3O2S2. The van der Waals surface area contributed by atoms with Crippen LogP contribution in [0.5, 0.6) is 0 Å². The van der Waals surface area contributed by atoms with E-state index >= 15 is 0 Å². The Morgan fingerprint density at radius 3 is 2.95 bits per heavy atom. The maximum Gasteiger partial charge on any atom is 0.263 e. The molecule has 0 spiro atoms. The van der Waals surface area contributed by atoms with Crippen molar-refractivity contribution in [2.45, 2.75) is 4.90 Å². The lowest BCUT2D eigenvalue weighted by atomic mass is 10.2. The summed E-state index contributed by atoms with van der Waals surface area (Å²) in [7, 11) is -3.63. The number of hydrogen-bond donors (Lipinski definition) is 2. The van der Waals surface area contributed by atoms with Crippen LogP contribution >= 0.6 is 11.3 Å². The minimum atomic E-state index is -3.63. The Bertz CT molecular complexity index is 713. The van der Waals surface area contributed by atoms with Crippen molar-refractivity contribution >= 4 is 26.5 Å². The van der Waals surface area contributed by atoms with Crippen LogP contribution in [0.15, 0.2) is 40.7 Å². The maximum atomic E-state index is 12.1. The summed E-state index contributed by atoms with van der Waals surface area (Å²) in [5, 5.41) is 2.03. The van der Waals surface area contributed by atoms with Gasteiger partial charge in [0.2, 0.25) is 0 Å². The molecule has 0 amide bonds. The van der Waals surface area contributed by atoms with Gasteiger partial charge in [0.15, 0.2) is 5.13 Å². The molecule has 1 aromatic carbocycles. The van der Waals surface area contributed by atoms with Crippen LogP contribution < -0.4 is 10.5 Å². The number of hydrogen-bond acceptors (Lipinski definition) is 5. The molecule has 0 atom stereocenters. The topological polar surface area (TPSA) is 85.1 Å². The summed E-state index contributed by atoms with van der Waals surface area (Å²) in [6.45, 7) is 0.230. The van der Waals surface area contributed by atoms with Crippen LogP contribution in [0.3, 0.4) is 0 Å². The average molecular weight is 293 g/mol. The summed E-state index contributed by atoms with van der Waals surface area (Å²) in [6, 6.07) is 6.37. The molecule has 2 rings (SSSR count). The van der Waals surface area contributed by atoms with Crippen molar-refractivity contribution in [3.63, 3.8) is 0 Å². The van der Waals surface area contributed by atoms with Crippen LogP contribution in [0.25, 0.3) is 0 Å². The van der Waals surface area contributed by atoms with Gasteiger partial charge in [0.25, 0.3) is 10.0 Å². The zero-order valence-electron chi connectivity index (χ0n) is 9.83. The van der Waals surface area contributed by atoms with Gasteiger partial charge in [0.05, 0.1) is 11.4 Å². The molecule has 0 bridgehead atoms. The number of anilines is 1. The zero-order valence-corrected chi connectivity index (χ0v) is 11.5. The number of sulfonamides is 1. The van der Waals surface area contributed by atoms with E-state index in [1.807, 2.05) is 0 Å². The summed E-state index contributed by atoms with van der Waals surface area (Å²) < 4.78 is 26.6. The number of rotatable bonds is 3. The predicted octanol–water partition coefficient (Wildman–Crippen LogP) is 1.25. The Morgan fingerprint density at radius 1 is 1.42 bits per heavy atom. The first-order valence-corrected chi connectivity index (χ1v) is 7.69. The molecule has 0 saturated heterocycles. The lowest BCUT2D eigenvalue weighted by molar-refractivity contribution is 0.601. The molecule has 1 heterocycles. The molecule has 0 unspecified atom stereocenters. The van der Waals surface area contributed by atoms with Crippen molar-refractivity contribution in [1.29, 1.82) is 0 Å². The summed E-state index contributed by atoms with van der Waals surface area (Å²) >= 11 is 1.22. The molecule has 98 valence electrons. The SMILES string of the molecule is NCC#Cc1cccc(S(=O)(=O)Nc2nccs2)c1. The van der Waals surface area contributed by atoms with Gasteiger partial charge in [-0.2, -0.15) is 0 Å². The van der Waals surface area contributed by atoms with E-state index in [9.17, 15) is 8.42 Å². The largest absolute Gasteiger partial charge is 0.320 e. The fourth-order valence-corrected chi connectivity index (χ4v) is 3.18. The highest BCUT2D eigenvalue weighted by molar-refractivity contribution is 7.93. The molecular weight excluding hydrogens is 282 g/mol. The summed E-state index contributed by atoms with van der Waals surface area (Å²) in [5.41, 5.74) is 5.88. The highest BCUT2D eigenvalue weighted by Gasteiger charge is 2.15. The van der Waals surface area contributed by atoms with Crippen LogP contribution in [-0.4, -0.2) is 19.9 Å². The van der Waals surface area contributed by atoms with E-state index in [0.29, 0.717) is 10.7 Å². The number of thiazole rings is 1. The van der Waals surface area contributed by atoms with Crippen LogP contribution in [0.2, 0.25) is 0 Å². The van der Waals surface area contributed by atoms with Gasteiger partial charge in [-0.05, 0) is 18.2 Å². The predicted molar refractivity (Wildman–Crippen MR) is 75.3 cm³/mol. The van der Waals surface area contributed by atoms with Gasteiger partial charge in [-0.25, -0.2) is 13.4 Å². The summed E-state index contributed by atoms with van der Waals surface area (Å²) in [6.07, 6.45) is 1.53. The Labute approximate surface area is 115 Å². The van der Waals surface area contributed by atoms with Crippen molar-refractivity contribution in [3.05, 3.63) is 41.4 Å². The number of nitrogens with one attached hydrogen (secondary N) is 1. The van der Waals surface area contributed by atoms with Crippen molar-refractivity contribution in [2.75, 3.05) is 11.3 Å². The second kappa shape index (κ2) is 5.84. The van der Waals surface area contributed by atoms with Crippen LogP contribution in [0.4, 0.5) is 5.13 Å². The maximum absolute atomic E-state index is 12.1. The third kappa shape index (κ3) is 3.54. The molecule has 0 radical (unpaired) electrons. The number of benzene rings is 1. The third-order valence-electron chi connectivity index (χ3n) is 2.13. The monoisotopic (exact) mass is 293 g/mol. The highest BCUT2D eigenvalue weighted by Crippen LogP contribution is 2.18. The smallest absolute Gasteiger partial charge is 0.263 e. The Morgan fingerprint density at radius 2 is 2.26 bits per heavy atom. The first-order chi connectivity index (χ1) is 9.12. The van der Waals surface area contributed by atoms with Crippen molar-refractivity contribution in [2.24, 2.45) is 5.73 Å². The van der Waals surface area contributed by atoms with Crippen LogP contribution in [0, 0.1) is 11.8 Å².